The van der Waals surface area contributed by atoms with Gasteiger partial charge in [-0.2, -0.15) is 5.26 Å². The number of carbonyl (C=O) groups excluding carboxylic acids is 1. The number of ether oxygens (including phenoxy) is 1. The summed E-state index contributed by atoms with van der Waals surface area (Å²) in [7, 11) is 0. The van der Waals surface area contributed by atoms with Crippen molar-refractivity contribution >= 4 is 29.3 Å². The van der Waals surface area contributed by atoms with Crippen molar-refractivity contribution in [2.75, 3.05) is 11.9 Å². The molecular formula is C20H19ClN2O2. The van der Waals surface area contributed by atoms with Crippen molar-refractivity contribution in [3.8, 4) is 11.8 Å². The quantitative estimate of drug-likeness (QED) is 0.613. The van der Waals surface area contributed by atoms with Crippen LogP contribution in [0.5, 0.6) is 5.75 Å². The Hall–Kier alpha value is -2.77. The van der Waals surface area contributed by atoms with Gasteiger partial charge in [0, 0.05) is 0 Å². The molecule has 0 atom stereocenters. The number of amides is 1. The molecule has 0 aliphatic rings. The monoisotopic (exact) mass is 354 g/mol. The summed E-state index contributed by atoms with van der Waals surface area (Å²) in [5.74, 6) is 0.245. The van der Waals surface area contributed by atoms with Crippen molar-refractivity contribution in [1.29, 1.82) is 5.26 Å². The van der Waals surface area contributed by atoms with Gasteiger partial charge in [0.05, 0.1) is 17.3 Å². The molecule has 0 radical (unpaired) electrons. The van der Waals surface area contributed by atoms with Gasteiger partial charge in [-0.1, -0.05) is 29.8 Å². The van der Waals surface area contributed by atoms with Gasteiger partial charge in [-0.15, -0.1) is 0 Å². The van der Waals surface area contributed by atoms with E-state index in [1.807, 2.05) is 32.9 Å². The third-order valence-electron chi connectivity index (χ3n) is 3.54. The Labute approximate surface area is 152 Å². The Kier molecular flexibility index (Phi) is 6.21. The van der Waals surface area contributed by atoms with Crippen molar-refractivity contribution in [3.05, 3.63) is 63.7 Å². The predicted octanol–water partition coefficient (Wildman–Crippen LogP) is 4.90. The van der Waals surface area contributed by atoms with Gasteiger partial charge in [-0.3, -0.25) is 4.79 Å². The summed E-state index contributed by atoms with van der Waals surface area (Å²) in [4.78, 5) is 12.4. The molecule has 2 rings (SSSR count). The van der Waals surface area contributed by atoms with Gasteiger partial charge in [0.25, 0.3) is 5.91 Å². The number of hydrogen-bond acceptors (Lipinski definition) is 3. The van der Waals surface area contributed by atoms with E-state index >= 15 is 0 Å². The molecule has 25 heavy (non-hydrogen) atoms. The van der Waals surface area contributed by atoms with E-state index in [1.165, 1.54) is 6.08 Å². The van der Waals surface area contributed by atoms with Crippen molar-refractivity contribution in [1.82, 2.24) is 0 Å². The molecule has 0 unspecified atom stereocenters. The first-order chi connectivity index (χ1) is 11.9. The number of hydrogen-bond donors (Lipinski definition) is 1. The highest BCUT2D eigenvalue weighted by Gasteiger charge is 2.13. The van der Waals surface area contributed by atoms with Crippen LogP contribution < -0.4 is 10.1 Å². The number of rotatable bonds is 5. The Bertz CT molecular complexity index is 826. The number of anilines is 1. The Morgan fingerprint density at radius 2 is 1.96 bits per heavy atom. The summed E-state index contributed by atoms with van der Waals surface area (Å²) in [5, 5.41) is 12.5. The summed E-state index contributed by atoms with van der Waals surface area (Å²) in [6.45, 7) is 6.27. The van der Waals surface area contributed by atoms with Crippen LogP contribution in [0.3, 0.4) is 0 Å². The molecule has 2 aromatic rings. The summed E-state index contributed by atoms with van der Waals surface area (Å²) < 4.78 is 5.37. The van der Waals surface area contributed by atoms with E-state index < -0.39 is 5.91 Å². The Balaban J connectivity index is 2.23. The molecule has 0 spiro atoms. The molecule has 128 valence electrons. The van der Waals surface area contributed by atoms with Gasteiger partial charge < -0.3 is 10.1 Å². The highest BCUT2D eigenvalue weighted by Crippen LogP contribution is 2.27. The zero-order valence-corrected chi connectivity index (χ0v) is 15.1. The molecule has 1 amide bonds. The molecule has 0 aliphatic heterocycles. The third kappa shape index (κ3) is 4.85. The number of nitriles is 1. The molecule has 0 saturated heterocycles. The Morgan fingerprint density at radius 3 is 2.52 bits per heavy atom. The average Bonchev–Trinajstić information content (AvgIpc) is 2.57. The molecule has 1 N–H and O–H groups in total. The summed E-state index contributed by atoms with van der Waals surface area (Å²) in [6.07, 6.45) is 1.53. The molecule has 0 fully saturated rings. The first kappa shape index (κ1) is 18.6. The molecule has 0 heterocycles. The number of halogens is 1. The summed E-state index contributed by atoms with van der Waals surface area (Å²) in [6, 6.07) is 12.8. The first-order valence-electron chi connectivity index (χ1n) is 7.87. The maximum absolute atomic E-state index is 12.4. The lowest BCUT2D eigenvalue weighted by atomic mass is 10.1. The minimum absolute atomic E-state index is 0.000187. The molecule has 0 bridgehead atoms. The highest BCUT2D eigenvalue weighted by atomic mass is 35.5. The van der Waals surface area contributed by atoms with Crippen LogP contribution in [0, 0.1) is 25.2 Å². The van der Waals surface area contributed by atoms with Crippen molar-refractivity contribution in [3.63, 3.8) is 0 Å². The largest absolute Gasteiger partial charge is 0.494 e. The maximum Gasteiger partial charge on any atom is 0.266 e. The predicted molar refractivity (Wildman–Crippen MR) is 101 cm³/mol. The third-order valence-corrected chi connectivity index (χ3v) is 3.84. The van der Waals surface area contributed by atoms with Crippen LogP contribution >= 0.6 is 11.6 Å². The van der Waals surface area contributed by atoms with Crippen LogP contribution in [0.1, 0.15) is 23.6 Å². The van der Waals surface area contributed by atoms with E-state index in [9.17, 15) is 10.1 Å². The van der Waals surface area contributed by atoms with E-state index in [1.54, 1.807) is 30.3 Å². The molecule has 0 aromatic heterocycles. The number of aryl methyl sites for hydroxylation is 2. The lowest BCUT2D eigenvalue weighted by Gasteiger charge is -2.11. The number of nitrogens with zero attached hydrogens (tertiary/aromatic N) is 1. The van der Waals surface area contributed by atoms with Crippen LogP contribution in [-0.4, -0.2) is 12.5 Å². The minimum atomic E-state index is -0.495. The van der Waals surface area contributed by atoms with Gasteiger partial charge in [0.15, 0.2) is 0 Å². The van der Waals surface area contributed by atoms with Crippen molar-refractivity contribution in [2.24, 2.45) is 0 Å². The molecule has 0 aliphatic carbocycles. The second-order valence-corrected chi connectivity index (χ2v) is 5.97. The molecule has 2 aromatic carbocycles. The maximum atomic E-state index is 12.4. The first-order valence-corrected chi connectivity index (χ1v) is 8.25. The van der Waals surface area contributed by atoms with Crippen LogP contribution in [0.2, 0.25) is 5.02 Å². The number of carbonyl (C=O) groups is 1. The topological polar surface area (TPSA) is 62.1 Å². The second kappa shape index (κ2) is 8.36. The standard InChI is InChI=1S/C20H19ClN2O2/c1-4-25-17-7-5-15(6-8-17)11-16(12-22)20(24)23-19-14(3)9-13(2)10-18(19)21/h5-11H,4H2,1-3H3,(H,23,24)/b16-11+. The number of benzene rings is 2. The van der Waals surface area contributed by atoms with E-state index in [-0.39, 0.29) is 5.57 Å². The lowest BCUT2D eigenvalue weighted by Crippen LogP contribution is -2.14. The van der Waals surface area contributed by atoms with Gasteiger partial charge in [-0.05, 0) is 61.7 Å². The van der Waals surface area contributed by atoms with E-state index in [2.05, 4.69) is 5.32 Å². The summed E-state index contributed by atoms with van der Waals surface area (Å²) >= 11 is 6.20. The van der Waals surface area contributed by atoms with Crippen LogP contribution in [0.4, 0.5) is 5.69 Å². The smallest absolute Gasteiger partial charge is 0.266 e. The SMILES string of the molecule is CCOc1ccc(/C=C(\C#N)C(=O)Nc2c(C)cc(C)cc2Cl)cc1. The van der Waals surface area contributed by atoms with E-state index in [0.717, 1.165) is 22.4 Å². The Morgan fingerprint density at radius 1 is 1.28 bits per heavy atom. The van der Waals surface area contributed by atoms with Gasteiger partial charge in [0.2, 0.25) is 0 Å². The van der Waals surface area contributed by atoms with Gasteiger partial charge in [-0.25, -0.2) is 0 Å². The van der Waals surface area contributed by atoms with E-state index in [4.69, 9.17) is 16.3 Å². The summed E-state index contributed by atoms with van der Waals surface area (Å²) in [5.41, 5.74) is 3.11. The lowest BCUT2D eigenvalue weighted by molar-refractivity contribution is -0.112. The van der Waals surface area contributed by atoms with Gasteiger partial charge in [0.1, 0.15) is 17.4 Å². The fourth-order valence-electron chi connectivity index (χ4n) is 2.40. The fourth-order valence-corrected chi connectivity index (χ4v) is 2.77. The normalized spacial score (nSPS) is 10.9. The second-order valence-electron chi connectivity index (χ2n) is 5.56. The van der Waals surface area contributed by atoms with E-state index in [0.29, 0.717) is 17.3 Å². The zero-order valence-electron chi connectivity index (χ0n) is 14.4. The van der Waals surface area contributed by atoms with Crippen LogP contribution in [0.25, 0.3) is 6.08 Å². The average molecular weight is 355 g/mol. The van der Waals surface area contributed by atoms with Crippen molar-refractivity contribution in [2.45, 2.75) is 20.8 Å². The van der Waals surface area contributed by atoms with Crippen molar-refractivity contribution < 1.29 is 9.53 Å². The van der Waals surface area contributed by atoms with Crippen LogP contribution in [-0.2, 0) is 4.79 Å². The molecule has 4 nitrogen and oxygen atoms in total. The number of nitrogens with one attached hydrogen (secondary N) is 1. The zero-order chi connectivity index (χ0) is 18.4. The van der Waals surface area contributed by atoms with Gasteiger partial charge >= 0.3 is 0 Å². The highest BCUT2D eigenvalue weighted by molar-refractivity contribution is 6.34. The minimum Gasteiger partial charge on any atom is -0.494 e. The van der Waals surface area contributed by atoms with Crippen LogP contribution in [0.15, 0.2) is 42.0 Å². The fraction of sp³-hybridized carbons (Fsp3) is 0.200. The molecular weight excluding hydrogens is 336 g/mol. The molecule has 5 heteroatoms. The molecule has 0 saturated carbocycles.